The van der Waals surface area contributed by atoms with Crippen molar-refractivity contribution in [2.24, 2.45) is 0 Å². The van der Waals surface area contributed by atoms with Crippen LogP contribution in [0.5, 0.6) is 0 Å². The van der Waals surface area contributed by atoms with Crippen molar-refractivity contribution < 1.29 is 4.79 Å². The summed E-state index contributed by atoms with van der Waals surface area (Å²) in [6.07, 6.45) is 19.5. The van der Waals surface area contributed by atoms with Crippen LogP contribution in [-0.4, -0.2) is 5.78 Å². The Morgan fingerprint density at radius 3 is 2.22 bits per heavy atom. The van der Waals surface area contributed by atoms with Crippen molar-refractivity contribution in [3.05, 3.63) is 24.3 Å². The molecule has 0 aromatic carbocycles. The summed E-state index contributed by atoms with van der Waals surface area (Å²) in [4.78, 5) is 11.5. The molecule has 0 unspecified atom stereocenters. The molecule has 0 atom stereocenters. The van der Waals surface area contributed by atoms with Gasteiger partial charge in [-0.1, -0.05) is 64.2 Å². The van der Waals surface area contributed by atoms with Crippen LogP contribution >= 0.6 is 0 Å². The fraction of sp³-hybridized carbons (Fsp3) is 0.706. The monoisotopic (exact) mass is 250 g/mol. The first kappa shape index (κ1) is 17.2. The molecule has 0 saturated heterocycles. The van der Waals surface area contributed by atoms with Gasteiger partial charge in [-0.05, 0) is 31.8 Å². The Morgan fingerprint density at radius 1 is 0.833 bits per heavy atom. The minimum Gasteiger partial charge on any atom is -0.295 e. The molecule has 0 aliphatic carbocycles. The molecule has 104 valence electrons. The van der Waals surface area contributed by atoms with Gasteiger partial charge in [0.1, 0.15) is 0 Å². The van der Waals surface area contributed by atoms with E-state index < -0.39 is 0 Å². The second-order valence-electron chi connectivity index (χ2n) is 4.84. The highest BCUT2D eigenvalue weighted by Crippen LogP contribution is 2.07. The van der Waals surface area contributed by atoms with E-state index in [1.54, 1.807) is 6.08 Å². The number of rotatable bonds is 12. The summed E-state index contributed by atoms with van der Waals surface area (Å²) in [6.45, 7) is 4.36. The number of allylic oxidation sites excluding steroid dienone is 4. The topological polar surface area (TPSA) is 17.1 Å². The minimum absolute atomic E-state index is 0.296. The third kappa shape index (κ3) is 13.2. The molecule has 0 aliphatic rings. The summed E-state index contributed by atoms with van der Waals surface area (Å²) in [7, 11) is 0. The summed E-state index contributed by atoms with van der Waals surface area (Å²) in [5.74, 6) is 0.296. The van der Waals surface area contributed by atoms with E-state index >= 15 is 0 Å². The molecule has 1 nitrogen and oxygen atoms in total. The van der Waals surface area contributed by atoms with Crippen molar-refractivity contribution in [2.75, 3.05) is 0 Å². The van der Waals surface area contributed by atoms with Crippen molar-refractivity contribution in [3.63, 3.8) is 0 Å². The Labute approximate surface area is 113 Å². The Balaban J connectivity index is 3.36. The van der Waals surface area contributed by atoms with E-state index in [2.05, 4.69) is 26.0 Å². The predicted octanol–water partition coefficient (Wildman–Crippen LogP) is 5.61. The molecule has 0 aromatic heterocycles. The quantitative estimate of drug-likeness (QED) is 0.250. The molecule has 0 spiro atoms. The van der Waals surface area contributed by atoms with Gasteiger partial charge in [0.2, 0.25) is 0 Å². The zero-order valence-corrected chi connectivity index (χ0v) is 12.3. The van der Waals surface area contributed by atoms with Crippen LogP contribution in [0.1, 0.15) is 78.1 Å². The summed E-state index contributed by atoms with van der Waals surface area (Å²) in [5, 5.41) is 0. The van der Waals surface area contributed by atoms with Gasteiger partial charge in [0, 0.05) is 6.42 Å². The summed E-state index contributed by atoms with van der Waals surface area (Å²) >= 11 is 0. The number of hydrogen-bond acceptors (Lipinski definition) is 1. The molecule has 1 heteroatoms. The smallest absolute Gasteiger partial charge is 0.155 e. The second kappa shape index (κ2) is 14.2. The van der Waals surface area contributed by atoms with Crippen LogP contribution in [0, 0.1) is 0 Å². The summed E-state index contributed by atoms with van der Waals surface area (Å²) in [6, 6.07) is 0. The van der Waals surface area contributed by atoms with Crippen molar-refractivity contribution >= 4 is 5.78 Å². The SMILES string of the molecule is CCC=CCCC=CC(=O)CCCCCCCC. The predicted molar refractivity (Wildman–Crippen MR) is 80.8 cm³/mol. The van der Waals surface area contributed by atoms with E-state index in [0.29, 0.717) is 5.78 Å². The number of ketones is 1. The lowest BCUT2D eigenvalue weighted by Crippen LogP contribution is -1.92. The van der Waals surface area contributed by atoms with Crippen LogP contribution in [0.4, 0.5) is 0 Å². The molecule has 0 amide bonds. The van der Waals surface area contributed by atoms with Crippen LogP contribution in [0.2, 0.25) is 0 Å². The van der Waals surface area contributed by atoms with Crippen LogP contribution < -0.4 is 0 Å². The Kier molecular flexibility index (Phi) is 13.5. The van der Waals surface area contributed by atoms with E-state index in [-0.39, 0.29) is 0 Å². The molecule has 0 bridgehead atoms. The molecule has 0 aromatic rings. The molecule has 0 radical (unpaired) electrons. The molecule has 0 rings (SSSR count). The van der Waals surface area contributed by atoms with Gasteiger partial charge in [-0.25, -0.2) is 0 Å². The Bertz CT molecular complexity index is 238. The highest BCUT2D eigenvalue weighted by Gasteiger charge is 1.96. The molecular weight excluding hydrogens is 220 g/mol. The van der Waals surface area contributed by atoms with Crippen LogP contribution in [0.25, 0.3) is 0 Å². The largest absolute Gasteiger partial charge is 0.295 e. The van der Waals surface area contributed by atoms with E-state index in [1.165, 1.54) is 32.1 Å². The highest BCUT2D eigenvalue weighted by molar-refractivity contribution is 5.89. The third-order valence-electron chi connectivity index (χ3n) is 2.98. The van der Waals surface area contributed by atoms with Gasteiger partial charge < -0.3 is 0 Å². The lowest BCUT2D eigenvalue weighted by Gasteiger charge is -1.98. The van der Waals surface area contributed by atoms with Crippen molar-refractivity contribution in [1.82, 2.24) is 0 Å². The van der Waals surface area contributed by atoms with Gasteiger partial charge in [0.15, 0.2) is 5.78 Å². The number of hydrogen-bond donors (Lipinski definition) is 0. The minimum atomic E-state index is 0.296. The maximum absolute atomic E-state index is 11.5. The molecule has 0 aliphatic heterocycles. The van der Waals surface area contributed by atoms with Crippen LogP contribution in [0.3, 0.4) is 0 Å². The first-order valence-corrected chi connectivity index (χ1v) is 7.65. The molecule has 0 fully saturated rings. The van der Waals surface area contributed by atoms with Gasteiger partial charge in [-0.3, -0.25) is 4.79 Å². The summed E-state index contributed by atoms with van der Waals surface area (Å²) in [5.41, 5.74) is 0. The molecule has 0 N–H and O–H groups in total. The van der Waals surface area contributed by atoms with Crippen molar-refractivity contribution in [1.29, 1.82) is 0 Å². The zero-order chi connectivity index (χ0) is 13.5. The number of unbranched alkanes of at least 4 members (excludes halogenated alkanes) is 6. The highest BCUT2D eigenvalue weighted by atomic mass is 16.1. The van der Waals surface area contributed by atoms with Crippen molar-refractivity contribution in [2.45, 2.75) is 78.1 Å². The Hall–Kier alpha value is -0.850. The lowest BCUT2D eigenvalue weighted by molar-refractivity contribution is -0.114. The maximum atomic E-state index is 11.5. The van der Waals surface area contributed by atoms with Gasteiger partial charge in [0.25, 0.3) is 0 Å². The van der Waals surface area contributed by atoms with Crippen LogP contribution in [0.15, 0.2) is 24.3 Å². The zero-order valence-electron chi connectivity index (χ0n) is 12.3. The molecule has 18 heavy (non-hydrogen) atoms. The molecular formula is C17H30O. The van der Waals surface area contributed by atoms with E-state index in [0.717, 1.165) is 32.1 Å². The Morgan fingerprint density at radius 2 is 1.50 bits per heavy atom. The normalized spacial score (nSPS) is 11.7. The fourth-order valence-electron chi connectivity index (χ4n) is 1.85. The fourth-order valence-corrected chi connectivity index (χ4v) is 1.85. The van der Waals surface area contributed by atoms with Crippen molar-refractivity contribution in [3.8, 4) is 0 Å². The van der Waals surface area contributed by atoms with Gasteiger partial charge in [-0.15, -0.1) is 0 Å². The molecule has 0 heterocycles. The number of carbonyl (C=O) groups excluding carboxylic acids is 1. The summed E-state index contributed by atoms with van der Waals surface area (Å²) < 4.78 is 0. The van der Waals surface area contributed by atoms with Gasteiger partial charge in [0.05, 0.1) is 0 Å². The average molecular weight is 250 g/mol. The van der Waals surface area contributed by atoms with E-state index in [4.69, 9.17) is 0 Å². The van der Waals surface area contributed by atoms with Gasteiger partial charge >= 0.3 is 0 Å². The van der Waals surface area contributed by atoms with Gasteiger partial charge in [-0.2, -0.15) is 0 Å². The maximum Gasteiger partial charge on any atom is 0.155 e. The first-order valence-electron chi connectivity index (χ1n) is 7.65. The first-order chi connectivity index (χ1) is 8.81. The van der Waals surface area contributed by atoms with Crippen LogP contribution in [-0.2, 0) is 4.79 Å². The average Bonchev–Trinajstić information content (AvgIpc) is 2.38. The second-order valence-corrected chi connectivity index (χ2v) is 4.84. The lowest BCUT2D eigenvalue weighted by atomic mass is 10.1. The third-order valence-corrected chi connectivity index (χ3v) is 2.98. The van der Waals surface area contributed by atoms with E-state index in [1.807, 2.05) is 6.08 Å². The van der Waals surface area contributed by atoms with E-state index in [9.17, 15) is 4.79 Å². The molecule has 0 saturated carbocycles. The standard InChI is InChI=1S/C17H30O/c1-3-5-7-9-11-13-15-17(18)16-14-12-10-8-6-4-2/h5,7,13,15H,3-4,6,8-12,14,16H2,1-2H3. The number of carbonyl (C=O) groups is 1.